The number of carboxylic acid groups (broad SMARTS) is 1. The van der Waals surface area contributed by atoms with Gasteiger partial charge in [0.25, 0.3) is 0 Å². The van der Waals surface area contributed by atoms with E-state index < -0.39 is 28.7 Å². The Balaban J connectivity index is 1.35. The zero-order valence-corrected chi connectivity index (χ0v) is 16.6. The fourth-order valence-corrected chi connectivity index (χ4v) is 4.16. The van der Waals surface area contributed by atoms with Gasteiger partial charge in [-0.3, -0.25) is 4.79 Å². The number of hydrogen-bond acceptors (Lipinski definition) is 4. The Morgan fingerprint density at radius 1 is 1.13 bits per heavy atom. The first-order chi connectivity index (χ1) is 14.8. The molecule has 1 saturated heterocycles. The van der Waals surface area contributed by atoms with Crippen LogP contribution in [0.1, 0.15) is 45.5 Å². The molecule has 2 aromatic rings. The number of carboxylic acids is 1. The average molecular weight is 429 g/mol. The molecule has 0 saturated carbocycles. The molecule has 4 rings (SSSR count). The smallest absolute Gasteiger partial charge is 0.338 e. The summed E-state index contributed by atoms with van der Waals surface area (Å²) in [6.45, 7) is 0.912. The predicted molar refractivity (Wildman–Crippen MR) is 108 cm³/mol. The number of aromatic carboxylic acids is 1. The number of benzene rings is 2. The number of halogens is 2. The number of fused-ring (bicyclic) bond motifs is 1. The Morgan fingerprint density at radius 3 is 2.58 bits per heavy atom. The summed E-state index contributed by atoms with van der Waals surface area (Å²) in [5.74, 6) is -2.77. The van der Waals surface area contributed by atoms with E-state index in [-0.39, 0.29) is 24.8 Å². The number of amides is 2. The summed E-state index contributed by atoms with van der Waals surface area (Å²) in [6.07, 6.45) is 1.36. The molecule has 7 nitrogen and oxygen atoms in total. The predicted octanol–water partition coefficient (Wildman–Crippen LogP) is 3.41. The zero-order chi connectivity index (χ0) is 22.2. The molecule has 0 aliphatic carbocycles. The Labute approximate surface area is 177 Å². The van der Waals surface area contributed by atoms with Crippen molar-refractivity contribution in [2.45, 2.75) is 31.3 Å². The molecule has 31 heavy (non-hydrogen) atoms. The van der Waals surface area contributed by atoms with Gasteiger partial charge >= 0.3 is 12.0 Å². The van der Waals surface area contributed by atoms with Crippen LogP contribution in [0.4, 0.5) is 19.3 Å². The van der Waals surface area contributed by atoms with Gasteiger partial charge in [-0.1, -0.05) is 6.07 Å². The second kappa shape index (κ2) is 7.98. The van der Waals surface area contributed by atoms with Crippen molar-refractivity contribution in [2.75, 3.05) is 18.4 Å². The maximum atomic E-state index is 13.5. The molecule has 2 heterocycles. The molecule has 9 heteroatoms. The number of carbonyl (C=O) groups excluding carboxylic acids is 2. The normalized spacial score (nSPS) is 17.1. The molecule has 2 aliphatic rings. The minimum atomic E-state index is -1.37. The number of ketones is 1. The lowest BCUT2D eigenvalue weighted by Gasteiger charge is -2.45. The fraction of sp³-hybridized carbons (Fsp3) is 0.318. The number of nitrogens with zero attached hydrogens (tertiary/aromatic N) is 1. The summed E-state index contributed by atoms with van der Waals surface area (Å²) in [5, 5.41) is 15.1. The number of Topliss-reactive ketones (excluding diaryl/α,β-unsaturated/α-hetero) is 1. The third kappa shape index (κ3) is 4.21. The van der Waals surface area contributed by atoms with Crippen LogP contribution in [0.2, 0.25) is 0 Å². The van der Waals surface area contributed by atoms with E-state index in [2.05, 4.69) is 10.6 Å². The van der Waals surface area contributed by atoms with Crippen LogP contribution in [0.15, 0.2) is 36.4 Å². The molecule has 2 aliphatic heterocycles. The molecule has 0 bridgehead atoms. The van der Waals surface area contributed by atoms with Crippen molar-refractivity contribution in [3.8, 4) is 0 Å². The van der Waals surface area contributed by atoms with Gasteiger partial charge in [-0.15, -0.1) is 0 Å². The lowest BCUT2D eigenvalue weighted by atomic mass is 9.78. The van der Waals surface area contributed by atoms with Crippen LogP contribution in [0, 0.1) is 11.6 Å². The number of urea groups is 1. The van der Waals surface area contributed by atoms with Gasteiger partial charge in [-0.25, -0.2) is 18.4 Å². The fourth-order valence-electron chi connectivity index (χ4n) is 4.16. The van der Waals surface area contributed by atoms with Crippen LogP contribution in [0.3, 0.4) is 0 Å². The molecule has 0 aromatic heterocycles. The summed E-state index contributed by atoms with van der Waals surface area (Å²) in [6, 6.07) is 7.48. The summed E-state index contributed by atoms with van der Waals surface area (Å²) in [7, 11) is 0. The van der Waals surface area contributed by atoms with Gasteiger partial charge < -0.3 is 20.6 Å². The molecule has 162 valence electrons. The van der Waals surface area contributed by atoms with Crippen molar-refractivity contribution in [2.24, 2.45) is 0 Å². The van der Waals surface area contributed by atoms with Crippen LogP contribution in [-0.2, 0) is 6.54 Å². The molecule has 1 fully saturated rings. The molecular formula is C22H21F2N3O4. The molecule has 2 amide bonds. The first kappa shape index (κ1) is 20.8. The topological polar surface area (TPSA) is 98.7 Å². The van der Waals surface area contributed by atoms with Gasteiger partial charge in [0, 0.05) is 42.8 Å². The van der Waals surface area contributed by atoms with Crippen LogP contribution < -0.4 is 10.6 Å². The van der Waals surface area contributed by atoms with Crippen molar-refractivity contribution < 1.29 is 28.3 Å². The number of rotatable bonds is 3. The lowest BCUT2D eigenvalue weighted by Crippen LogP contribution is -2.55. The quantitative estimate of drug-likeness (QED) is 0.695. The van der Waals surface area contributed by atoms with E-state index in [1.807, 2.05) is 0 Å². The molecule has 0 radical (unpaired) electrons. The van der Waals surface area contributed by atoms with Gasteiger partial charge in [0.05, 0.1) is 5.56 Å². The van der Waals surface area contributed by atoms with Crippen molar-refractivity contribution >= 4 is 23.5 Å². The first-order valence-corrected chi connectivity index (χ1v) is 9.92. The summed E-state index contributed by atoms with van der Waals surface area (Å²) in [4.78, 5) is 37.7. The van der Waals surface area contributed by atoms with Crippen LogP contribution in [-0.4, -0.2) is 46.4 Å². The second-order valence-electron chi connectivity index (χ2n) is 7.96. The Hall–Kier alpha value is -3.49. The summed E-state index contributed by atoms with van der Waals surface area (Å²) in [5.41, 5.74) is 0.530. The van der Waals surface area contributed by atoms with E-state index in [0.717, 1.165) is 6.07 Å². The lowest BCUT2D eigenvalue weighted by molar-refractivity contribution is 0.0691. The number of piperidine rings is 1. The Kier molecular flexibility index (Phi) is 5.34. The Morgan fingerprint density at radius 2 is 1.87 bits per heavy atom. The molecular weight excluding hydrogens is 408 g/mol. The van der Waals surface area contributed by atoms with Gasteiger partial charge in [-0.05, 0) is 48.7 Å². The number of nitrogens with one attached hydrogen (secondary N) is 2. The third-order valence-corrected chi connectivity index (χ3v) is 5.89. The average Bonchev–Trinajstić information content (AvgIpc) is 2.74. The van der Waals surface area contributed by atoms with Crippen LogP contribution in [0.5, 0.6) is 0 Å². The van der Waals surface area contributed by atoms with Crippen LogP contribution >= 0.6 is 0 Å². The largest absolute Gasteiger partial charge is 0.478 e. The number of likely N-dealkylation sites (tertiary alicyclic amines) is 1. The van der Waals surface area contributed by atoms with Crippen molar-refractivity contribution in [1.29, 1.82) is 0 Å². The SMILES string of the molecule is O=C(O)c1cc(CNC(=O)N2CCC3(CC2)CC(=O)c2cc(F)ccc2N3)ccc1F. The highest BCUT2D eigenvalue weighted by atomic mass is 19.1. The van der Waals surface area contributed by atoms with Gasteiger partial charge in [-0.2, -0.15) is 0 Å². The highest BCUT2D eigenvalue weighted by Crippen LogP contribution is 2.37. The molecule has 1 spiro atoms. The third-order valence-electron chi connectivity index (χ3n) is 5.89. The first-order valence-electron chi connectivity index (χ1n) is 9.92. The van der Waals surface area contributed by atoms with Crippen molar-refractivity contribution in [3.05, 3.63) is 64.7 Å². The Bertz CT molecular complexity index is 1060. The number of anilines is 1. The molecule has 0 unspecified atom stereocenters. The van der Waals surface area contributed by atoms with Gasteiger partial charge in [0.1, 0.15) is 11.6 Å². The van der Waals surface area contributed by atoms with E-state index in [9.17, 15) is 23.2 Å². The molecule has 2 aromatic carbocycles. The highest BCUT2D eigenvalue weighted by Gasteiger charge is 2.41. The van der Waals surface area contributed by atoms with Crippen molar-refractivity contribution in [1.82, 2.24) is 10.2 Å². The highest BCUT2D eigenvalue weighted by molar-refractivity contribution is 6.04. The maximum absolute atomic E-state index is 13.5. The van der Waals surface area contributed by atoms with Crippen molar-refractivity contribution in [3.63, 3.8) is 0 Å². The van der Waals surface area contributed by atoms with E-state index in [0.29, 0.717) is 42.7 Å². The van der Waals surface area contributed by atoms with E-state index in [4.69, 9.17) is 5.11 Å². The number of carbonyl (C=O) groups is 3. The number of hydrogen-bond donors (Lipinski definition) is 3. The standard InChI is InChI=1S/C22H21F2N3O4/c23-14-2-4-18-16(10-14)19(28)11-22(26-18)5-7-27(8-6-22)21(31)25-12-13-1-3-17(24)15(9-13)20(29)30/h1-4,9-10,26H,5-8,11-12H2,(H,25,31)(H,29,30). The van der Waals surface area contributed by atoms with E-state index >= 15 is 0 Å². The zero-order valence-electron chi connectivity index (χ0n) is 16.6. The summed E-state index contributed by atoms with van der Waals surface area (Å²) < 4.78 is 26.9. The molecule has 0 atom stereocenters. The molecule has 3 N–H and O–H groups in total. The monoisotopic (exact) mass is 429 g/mol. The van der Waals surface area contributed by atoms with Crippen LogP contribution in [0.25, 0.3) is 0 Å². The minimum Gasteiger partial charge on any atom is -0.478 e. The van der Waals surface area contributed by atoms with Gasteiger partial charge in [0.15, 0.2) is 5.78 Å². The second-order valence-corrected chi connectivity index (χ2v) is 7.96. The summed E-state index contributed by atoms with van der Waals surface area (Å²) >= 11 is 0. The van der Waals surface area contributed by atoms with Gasteiger partial charge in [0.2, 0.25) is 0 Å². The minimum absolute atomic E-state index is 0.0662. The van der Waals surface area contributed by atoms with E-state index in [1.165, 1.54) is 24.3 Å². The maximum Gasteiger partial charge on any atom is 0.338 e. The van der Waals surface area contributed by atoms with E-state index in [1.54, 1.807) is 11.0 Å².